The van der Waals surface area contributed by atoms with Crippen molar-refractivity contribution >= 4 is 23.2 Å². The zero-order valence-electron chi connectivity index (χ0n) is 4.53. The Hall–Kier alpha value is 0.500. The number of hydrogen-bond donors (Lipinski definition) is 2. The van der Waals surface area contributed by atoms with Crippen LogP contribution in [0.1, 0.15) is 12.8 Å². The van der Waals surface area contributed by atoms with E-state index >= 15 is 0 Å². The number of hydrogen-bond acceptors (Lipinski definition) is 2. The van der Waals surface area contributed by atoms with Crippen LogP contribution in [0.2, 0.25) is 0 Å². The lowest BCUT2D eigenvalue weighted by atomic mass is 10.3. The molecule has 4 N–H and O–H groups in total. The van der Waals surface area contributed by atoms with Gasteiger partial charge in [-0.05, 0) is 19.4 Å². The van der Waals surface area contributed by atoms with Gasteiger partial charge in [0.2, 0.25) is 0 Å². The monoisotopic (exact) mass is 156 g/mol. The fourth-order valence-corrected chi connectivity index (χ4v) is 0.605. The molecule has 0 rings (SSSR count). The molecule has 0 heterocycles. The van der Waals surface area contributed by atoms with Crippen molar-refractivity contribution in [1.29, 1.82) is 0 Å². The third-order valence-electron chi connectivity index (χ3n) is 0.714. The number of halogens is 2. The highest BCUT2D eigenvalue weighted by molar-refractivity contribution is 6.47. The molecule has 0 unspecified atom stereocenters. The van der Waals surface area contributed by atoms with Gasteiger partial charge in [-0.15, -0.1) is 0 Å². The second kappa shape index (κ2) is 3.51. The van der Waals surface area contributed by atoms with Crippen molar-refractivity contribution in [2.75, 3.05) is 6.54 Å². The summed E-state index contributed by atoms with van der Waals surface area (Å²) in [7, 11) is 0. The normalized spacial score (nSPS) is 12.0. The standard InChI is InChI=1S/C4H10Cl2N2/c5-4(6,8)2-1-3-7/h1-3,7-8H2. The van der Waals surface area contributed by atoms with Crippen molar-refractivity contribution in [3.63, 3.8) is 0 Å². The lowest BCUT2D eigenvalue weighted by Crippen LogP contribution is -2.25. The molecule has 0 saturated heterocycles. The molecule has 0 atom stereocenters. The van der Waals surface area contributed by atoms with Crippen LogP contribution in [0.5, 0.6) is 0 Å². The molecule has 0 radical (unpaired) electrons. The molecular weight excluding hydrogens is 147 g/mol. The summed E-state index contributed by atoms with van der Waals surface area (Å²) < 4.78 is -1.08. The van der Waals surface area contributed by atoms with Gasteiger partial charge in [0.25, 0.3) is 0 Å². The summed E-state index contributed by atoms with van der Waals surface area (Å²) in [6.45, 7) is 0.582. The fraction of sp³-hybridized carbons (Fsp3) is 1.00. The fourth-order valence-electron chi connectivity index (χ4n) is 0.338. The Morgan fingerprint density at radius 2 is 1.88 bits per heavy atom. The molecule has 4 heteroatoms. The minimum atomic E-state index is -1.08. The first-order chi connectivity index (χ1) is 3.56. The third-order valence-corrected chi connectivity index (χ3v) is 1.09. The third kappa shape index (κ3) is 6.50. The van der Waals surface area contributed by atoms with E-state index in [0.717, 1.165) is 6.42 Å². The molecule has 0 aromatic carbocycles. The summed E-state index contributed by atoms with van der Waals surface area (Å²) in [4.78, 5) is 0. The largest absolute Gasteiger partial charge is 0.330 e. The number of alkyl halides is 2. The van der Waals surface area contributed by atoms with Crippen LogP contribution < -0.4 is 11.5 Å². The zero-order chi connectivity index (χ0) is 6.62. The van der Waals surface area contributed by atoms with Crippen molar-refractivity contribution in [3.8, 4) is 0 Å². The molecule has 0 aliphatic rings. The molecule has 0 saturated carbocycles. The van der Waals surface area contributed by atoms with Crippen molar-refractivity contribution in [1.82, 2.24) is 0 Å². The minimum Gasteiger partial charge on any atom is -0.330 e. The van der Waals surface area contributed by atoms with Crippen LogP contribution in [0.25, 0.3) is 0 Å². The smallest absolute Gasteiger partial charge is 0.166 e. The number of rotatable bonds is 3. The Morgan fingerprint density at radius 1 is 1.38 bits per heavy atom. The lowest BCUT2D eigenvalue weighted by molar-refractivity contribution is 0.672. The van der Waals surface area contributed by atoms with Crippen LogP contribution in [-0.4, -0.2) is 11.0 Å². The first kappa shape index (κ1) is 8.50. The highest BCUT2D eigenvalue weighted by Crippen LogP contribution is 2.18. The molecule has 0 aliphatic heterocycles. The average molecular weight is 157 g/mol. The Balaban J connectivity index is 3.11. The van der Waals surface area contributed by atoms with Gasteiger partial charge in [0.1, 0.15) is 0 Å². The molecular formula is C4H10Cl2N2. The predicted molar refractivity (Wildman–Crippen MR) is 36.9 cm³/mol. The quantitative estimate of drug-likeness (QED) is 0.470. The minimum absolute atomic E-state index is 0.548. The molecule has 50 valence electrons. The SMILES string of the molecule is NCCCC(N)(Cl)Cl. The molecule has 0 aliphatic carbocycles. The van der Waals surface area contributed by atoms with E-state index in [1.165, 1.54) is 0 Å². The van der Waals surface area contributed by atoms with Gasteiger partial charge in [0, 0.05) is 0 Å². The second-order valence-electron chi connectivity index (χ2n) is 1.65. The molecule has 0 spiro atoms. The van der Waals surface area contributed by atoms with Crippen LogP contribution >= 0.6 is 23.2 Å². The first-order valence-corrected chi connectivity index (χ1v) is 3.18. The van der Waals surface area contributed by atoms with Crippen LogP contribution in [0.3, 0.4) is 0 Å². The topological polar surface area (TPSA) is 52.0 Å². The maximum Gasteiger partial charge on any atom is 0.166 e. The van der Waals surface area contributed by atoms with Crippen LogP contribution in [0.15, 0.2) is 0 Å². The van der Waals surface area contributed by atoms with E-state index in [2.05, 4.69) is 0 Å². The average Bonchev–Trinajstić information content (AvgIpc) is 1.59. The van der Waals surface area contributed by atoms with E-state index in [0.29, 0.717) is 13.0 Å². The summed E-state index contributed by atoms with van der Waals surface area (Å²) in [6, 6.07) is 0. The molecule has 2 nitrogen and oxygen atoms in total. The summed E-state index contributed by atoms with van der Waals surface area (Å²) >= 11 is 10.8. The van der Waals surface area contributed by atoms with Gasteiger partial charge in [0.15, 0.2) is 4.46 Å². The molecule has 0 aromatic heterocycles. The Bertz CT molecular complexity index is 59.5. The van der Waals surface area contributed by atoms with Gasteiger partial charge in [-0.2, -0.15) is 0 Å². The Labute approximate surface area is 59.1 Å². The van der Waals surface area contributed by atoms with Gasteiger partial charge in [-0.3, -0.25) is 0 Å². The van der Waals surface area contributed by atoms with Crippen molar-refractivity contribution < 1.29 is 0 Å². The van der Waals surface area contributed by atoms with Gasteiger partial charge >= 0.3 is 0 Å². The molecule has 0 amide bonds. The highest BCUT2D eigenvalue weighted by Gasteiger charge is 2.14. The van der Waals surface area contributed by atoms with E-state index in [-0.39, 0.29) is 0 Å². The van der Waals surface area contributed by atoms with Crippen molar-refractivity contribution in [2.45, 2.75) is 17.3 Å². The number of nitrogens with two attached hydrogens (primary N) is 2. The predicted octanol–water partition coefficient (Wildman–Crippen LogP) is 0.815. The maximum absolute atomic E-state index is 5.40. The van der Waals surface area contributed by atoms with E-state index in [1.54, 1.807) is 0 Å². The van der Waals surface area contributed by atoms with Crippen molar-refractivity contribution in [3.05, 3.63) is 0 Å². The highest BCUT2D eigenvalue weighted by atomic mass is 35.5. The van der Waals surface area contributed by atoms with E-state index in [4.69, 9.17) is 34.7 Å². The van der Waals surface area contributed by atoms with Gasteiger partial charge in [-0.1, -0.05) is 23.2 Å². The maximum atomic E-state index is 5.40. The summed E-state index contributed by atoms with van der Waals surface area (Å²) in [5.41, 5.74) is 10.4. The van der Waals surface area contributed by atoms with Crippen LogP contribution in [-0.2, 0) is 0 Å². The molecule has 0 bridgehead atoms. The van der Waals surface area contributed by atoms with Gasteiger partial charge in [0.05, 0.1) is 0 Å². The molecule has 0 aromatic rings. The lowest BCUT2D eigenvalue weighted by Gasteiger charge is -2.10. The van der Waals surface area contributed by atoms with Crippen LogP contribution in [0.4, 0.5) is 0 Å². The first-order valence-electron chi connectivity index (χ1n) is 2.43. The summed E-state index contributed by atoms with van der Waals surface area (Å²) in [5, 5.41) is 0. The zero-order valence-corrected chi connectivity index (χ0v) is 6.04. The molecule has 8 heavy (non-hydrogen) atoms. The van der Waals surface area contributed by atoms with E-state index < -0.39 is 4.46 Å². The Kier molecular flexibility index (Phi) is 3.73. The van der Waals surface area contributed by atoms with E-state index in [1.807, 2.05) is 0 Å². The van der Waals surface area contributed by atoms with E-state index in [9.17, 15) is 0 Å². The van der Waals surface area contributed by atoms with Gasteiger partial charge in [-0.25, -0.2) is 0 Å². The molecule has 0 fully saturated rings. The van der Waals surface area contributed by atoms with Gasteiger partial charge < -0.3 is 11.5 Å². The summed E-state index contributed by atoms with van der Waals surface area (Å²) in [5.74, 6) is 0. The second-order valence-corrected chi connectivity index (χ2v) is 3.20. The Morgan fingerprint density at radius 3 is 2.00 bits per heavy atom. The van der Waals surface area contributed by atoms with Crippen molar-refractivity contribution in [2.24, 2.45) is 11.5 Å². The van der Waals surface area contributed by atoms with Crippen LogP contribution in [0, 0.1) is 0 Å². The summed E-state index contributed by atoms with van der Waals surface area (Å²) in [6.07, 6.45) is 1.32.